The summed E-state index contributed by atoms with van der Waals surface area (Å²) in [6.07, 6.45) is -0.0973. The van der Waals surface area contributed by atoms with Gasteiger partial charge in [0.05, 0.1) is 24.8 Å². The molecule has 0 fully saturated rings. The van der Waals surface area contributed by atoms with Crippen LogP contribution in [0.5, 0.6) is 5.75 Å². The van der Waals surface area contributed by atoms with E-state index in [0.717, 1.165) is 11.1 Å². The molecule has 0 spiro atoms. The highest BCUT2D eigenvalue weighted by Crippen LogP contribution is 2.32. The van der Waals surface area contributed by atoms with Crippen molar-refractivity contribution in [1.82, 2.24) is 5.32 Å². The summed E-state index contributed by atoms with van der Waals surface area (Å²) in [5, 5.41) is 13.5. The van der Waals surface area contributed by atoms with Crippen LogP contribution in [-0.2, 0) is 6.42 Å². The second kappa shape index (κ2) is 5.99. The Morgan fingerprint density at radius 2 is 2.09 bits per heavy atom. The van der Waals surface area contributed by atoms with Gasteiger partial charge in [-0.2, -0.15) is 0 Å². The Morgan fingerprint density at radius 1 is 1.32 bits per heavy atom. The maximum absolute atomic E-state index is 12.5. The molecule has 2 aromatic carbocycles. The minimum Gasteiger partial charge on any atom is -0.496 e. The molecule has 2 aromatic rings. The predicted molar refractivity (Wildman–Crippen MR) is 84.4 cm³/mol. The standard InChI is InChI=1S/C17H16ClNO3/c1-22-15-7-6-11(18)9-13(15)17(21)19-16-12-5-3-2-4-10(12)8-14(16)20/h2-7,9,14,16,20H,8H2,1H3,(H,19,21)/t14-,16+/m0/s1. The fraction of sp³-hybridized carbons (Fsp3) is 0.235. The number of nitrogens with one attached hydrogen (secondary N) is 1. The number of carbonyl (C=O) groups excluding carboxylic acids is 1. The number of halogens is 1. The SMILES string of the molecule is COc1ccc(Cl)cc1C(=O)N[C@@H]1c2ccccc2C[C@@H]1O. The summed E-state index contributed by atoms with van der Waals surface area (Å²) in [6.45, 7) is 0. The highest BCUT2D eigenvalue weighted by molar-refractivity contribution is 6.31. The molecule has 0 unspecified atom stereocenters. The minimum absolute atomic E-state index is 0.319. The van der Waals surface area contributed by atoms with Crippen LogP contribution in [0.2, 0.25) is 5.02 Å². The van der Waals surface area contributed by atoms with Crippen molar-refractivity contribution < 1.29 is 14.6 Å². The summed E-state index contributed by atoms with van der Waals surface area (Å²) in [6, 6.07) is 12.2. The van der Waals surface area contributed by atoms with E-state index in [9.17, 15) is 9.90 Å². The Balaban J connectivity index is 1.88. The first-order valence-electron chi connectivity index (χ1n) is 7.00. The zero-order chi connectivity index (χ0) is 15.7. The zero-order valence-electron chi connectivity index (χ0n) is 12.0. The Morgan fingerprint density at radius 3 is 2.86 bits per heavy atom. The van der Waals surface area contributed by atoms with E-state index in [2.05, 4.69) is 5.32 Å². The number of hydrogen-bond donors (Lipinski definition) is 2. The molecule has 2 atom stereocenters. The van der Waals surface area contributed by atoms with Gasteiger partial charge in [-0.05, 0) is 29.3 Å². The molecule has 0 radical (unpaired) electrons. The maximum Gasteiger partial charge on any atom is 0.255 e. The number of methoxy groups -OCH3 is 1. The number of ether oxygens (including phenoxy) is 1. The molecular weight excluding hydrogens is 302 g/mol. The molecule has 114 valence electrons. The lowest BCUT2D eigenvalue weighted by Crippen LogP contribution is -2.34. The number of rotatable bonds is 3. The van der Waals surface area contributed by atoms with E-state index in [1.54, 1.807) is 18.2 Å². The van der Waals surface area contributed by atoms with Crippen LogP contribution in [0.25, 0.3) is 0 Å². The average Bonchev–Trinajstić information content (AvgIpc) is 2.83. The number of aliphatic hydroxyl groups excluding tert-OH is 1. The van der Waals surface area contributed by atoms with Gasteiger partial charge in [0, 0.05) is 11.4 Å². The van der Waals surface area contributed by atoms with Crippen LogP contribution in [0.4, 0.5) is 0 Å². The summed E-state index contributed by atoms with van der Waals surface area (Å²) in [7, 11) is 1.50. The molecule has 5 heteroatoms. The number of hydrogen-bond acceptors (Lipinski definition) is 3. The molecule has 0 aliphatic heterocycles. The highest BCUT2D eigenvalue weighted by Gasteiger charge is 2.32. The molecule has 0 bridgehead atoms. The van der Waals surface area contributed by atoms with Crippen LogP contribution >= 0.6 is 11.6 Å². The number of benzene rings is 2. The van der Waals surface area contributed by atoms with Gasteiger partial charge in [0.2, 0.25) is 0 Å². The fourth-order valence-corrected chi connectivity index (χ4v) is 3.00. The summed E-state index contributed by atoms with van der Waals surface area (Å²) in [4.78, 5) is 12.5. The fourth-order valence-electron chi connectivity index (χ4n) is 2.82. The Bertz CT molecular complexity index is 717. The first-order chi connectivity index (χ1) is 10.6. The molecule has 22 heavy (non-hydrogen) atoms. The summed E-state index contributed by atoms with van der Waals surface area (Å²) >= 11 is 5.96. The number of fused-ring (bicyclic) bond motifs is 1. The Kier molecular flexibility index (Phi) is 4.05. The van der Waals surface area contributed by atoms with E-state index in [-0.39, 0.29) is 5.91 Å². The Hall–Kier alpha value is -2.04. The number of aliphatic hydroxyl groups is 1. The second-order valence-electron chi connectivity index (χ2n) is 5.27. The van der Waals surface area contributed by atoms with Crippen molar-refractivity contribution in [2.24, 2.45) is 0 Å². The Labute approximate surface area is 133 Å². The van der Waals surface area contributed by atoms with Crippen LogP contribution in [0.1, 0.15) is 27.5 Å². The van der Waals surface area contributed by atoms with Gasteiger partial charge in [-0.15, -0.1) is 0 Å². The van der Waals surface area contributed by atoms with Gasteiger partial charge >= 0.3 is 0 Å². The lowest BCUT2D eigenvalue weighted by molar-refractivity contribution is 0.0855. The quantitative estimate of drug-likeness (QED) is 0.915. The highest BCUT2D eigenvalue weighted by atomic mass is 35.5. The van der Waals surface area contributed by atoms with Crippen molar-refractivity contribution in [2.75, 3.05) is 7.11 Å². The minimum atomic E-state index is -0.633. The monoisotopic (exact) mass is 317 g/mol. The lowest BCUT2D eigenvalue weighted by atomic mass is 10.1. The molecule has 1 aliphatic rings. The van der Waals surface area contributed by atoms with E-state index in [1.165, 1.54) is 7.11 Å². The first-order valence-corrected chi connectivity index (χ1v) is 7.38. The van der Waals surface area contributed by atoms with Gasteiger partial charge < -0.3 is 15.2 Å². The molecule has 3 rings (SSSR count). The molecule has 0 aromatic heterocycles. The molecule has 0 heterocycles. The van der Waals surface area contributed by atoms with E-state index in [1.807, 2.05) is 24.3 Å². The van der Waals surface area contributed by atoms with Crippen LogP contribution in [0.3, 0.4) is 0 Å². The van der Waals surface area contributed by atoms with Crippen LogP contribution < -0.4 is 10.1 Å². The van der Waals surface area contributed by atoms with E-state index in [0.29, 0.717) is 22.8 Å². The summed E-state index contributed by atoms with van der Waals surface area (Å²) in [5.74, 6) is 0.128. The molecule has 1 amide bonds. The van der Waals surface area contributed by atoms with E-state index in [4.69, 9.17) is 16.3 Å². The van der Waals surface area contributed by atoms with Gasteiger partial charge in [-0.25, -0.2) is 0 Å². The number of carbonyl (C=O) groups is 1. The van der Waals surface area contributed by atoms with Crippen molar-refractivity contribution in [1.29, 1.82) is 0 Å². The largest absolute Gasteiger partial charge is 0.496 e. The molecule has 0 saturated heterocycles. The molecular formula is C17H16ClNO3. The summed E-state index contributed by atoms with van der Waals surface area (Å²) < 4.78 is 5.20. The van der Waals surface area contributed by atoms with Crippen LogP contribution in [0.15, 0.2) is 42.5 Å². The smallest absolute Gasteiger partial charge is 0.255 e. The normalized spacial score (nSPS) is 19.6. The van der Waals surface area contributed by atoms with E-state index < -0.39 is 12.1 Å². The van der Waals surface area contributed by atoms with Crippen molar-refractivity contribution in [3.8, 4) is 5.75 Å². The van der Waals surface area contributed by atoms with E-state index >= 15 is 0 Å². The molecule has 4 nitrogen and oxygen atoms in total. The van der Waals surface area contributed by atoms with Crippen molar-refractivity contribution >= 4 is 17.5 Å². The van der Waals surface area contributed by atoms with Gasteiger partial charge in [-0.1, -0.05) is 35.9 Å². The van der Waals surface area contributed by atoms with Gasteiger partial charge in [0.15, 0.2) is 0 Å². The second-order valence-corrected chi connectivity index (χ2v) is 5.70. The van der Waals surface area contributed by atoms with Crippen molar-refractivity contribution in [3.05, 3.63) is 64.2 Å². The van der Waals surface area contributed by atoms with Crippen LogP contribution in [-0.4, -0.2) is 24.2 Å². The first kappa shape index (κ1) is 14.9. The third-order valence-corrected chi connectivity index (χ3v) is 4.13. The molecule has 1 aliphatic carbocycles. The van der Waals surface area contributed by atoms with Crippen molar-refractivity contribution in [3.63, 3.8) is 0 Å². The number of amides is 1. The van der Waals surface area contributed by atoms with Gasteiger partial charge in [0.1, 0.15) is 5.75 Å². The summed E-state index contributed by atoms with van der Waals surface area (Å²) in [5.41, 5.74) is 2.36. The molecule has 0 saturated carbocycles. The van der Waals surface area contributed by atoms with Crippen molar-refractivity contribution in [2.45, 2.75) is 18.6 Å². The van der Waals surface area contributed by atoms with Crippen LogP contribution in [0, 0.1) is 0 Å². The molecule has 2 N–H and O–H groups in total. The zero-order valence-corrected chi connectivity index (χ0v) is 12.8. The third-order valence-electron chi connectivity index (χ3n) is 3.90. The van der Waals surface area contributed by atoms with Gasteiger partial charge in [-0.3, -0.25) is 4.79 Å². The topological polar surface area (TPSA) is 58.6 Å². The predicted octanol–water partition coefficient (Wildman–Crippen LogP) is 2.74. The average molecular weight is 318 g/mol. The third kappa shape index (κ3) is 2.67. The maximum atomic E-state index is 12.5. The van der Waals surface area contributed by atoms with Gasteiger partial charge in [0.25, 0.3) is 5.91 Å². The lowest BCUT2D eigenvalue weighted by Gasteiger charge is -2.19.